The van der Waals surface area contributed by atoms with Crippen molar-refractivity contribution < 1.29 is 4.79 Å². The number of hydrogen-bond acceptors (Lipinski definition) is 3. The average Bonchev–Trinajstić information content (AvgIpc) is 2.70. The van der Waals surface area contributed by atoms with Crippen LogP contribution in [-0.2, 0) is 0 Å². The number of carbonyl (C=O) groups is 1. The Hall–Kier alpha value is -1.26. The van der Waals surface area contributed by atoms with Crippen LogP contribution < -0.4 is 11.1 Å². The molecule has 0 aliphatic carbocycles. The summed E-state index contributed by atoms with van der Waals surface area (Å²) in [6, 6.07) is 4.90. The number of likely N-dealkylation sites (tertiary alicyclic amines) is 1. The summed E-state index contributed by atoms with van der Waals surface area (Å²) in [6.07, 6.45) is 1.13. The molecule has 0 aromatic heterocycles. The first-order chi connectivity index (χ1) is 8.54. The van der Waals surface area contributed by atoms with Gasteiger partial charge in [0.05, 0.1) is 0 Å². The maximum absolute atomic E-state index is 11.9. The molecule has 4 nitrogen and oxygen atoms in total. The quantitative estimate of drug-likeness (QED) is 0.818. The van der Waals surface area contributed by atoms with Gasteiger partial charge in [-0.2, -0.15) is 0 Å². The van der Waals surface area contributed by atoms with Gasteiger partial charge in [-0.3, -0.25) is 4.79 Å². The number of nitrogens with one attached hydrogen (secondary N) is 1. The van der Waals surface area contributed by atoms with E-state index in [4.69, 9.17) is 17.3 Å². The molecule has 1 fully saturated rings. The fourth-order valence-corrected chi connectivity index (χ4v) is 2.52. The number of halogens is 1. The largest absolute Gasteiger partial charge is 0.399 e. The Kier molecular flexibility index (Phi) is 4.09. The molecule has 0 bridgehead atoms. The minimum absolute atomic E-state index is 0.112. The van der Waals surface area contributed by atoms with Crippen LogP contribution in [0.1, 0.15) is 16.8 Å². The zero-order valence-corrected chi connectivity index (χ0v) is 11.2. The second-order valence-electron chi connectivity index (χ2n) is 4.90. The van der Waals surface area contributed by atoms with Crippen molar-refractivity contribution >= 4 is 23.2 Å². The van der Waals surface area contributed by atoms with E-state index in [-0.39, 0.29) is 5.91 Å². The Bertz CT molecular complexity index is 430. The van der Waals surface area contributed by atoms with Crippen molar-refractivity contribution in [2.24, 2.45) is 5.92 Å². The number of amides is 1. The molecule has 5 heteroatoms. The number of rotatable bonds is 3. The Morgan fingerprint density at radius 1 is 1.56 bits per heavy atom. The van der Waals surface area contributed by atoms with Crippen LogP contribution >= 0.6 is 11.6 Å². The lowest BCUT2D eigenvalue weighted by molar-refractivity contribution is 0.0947. The standard InChI is InChI=1S/C13H18ClN3O/c1-17-3-2-9(8-17)7-16-13(18)10-4-11(14)6-12(15)5-10/h4-6,9H,2-3,7-8,15H2,1H3,(H,16,18). The molecule has 98 valence electrons. The van der Waals surface area contributed by atoms with Crippen LogP contribution in [0.15, 0.2) is 18.2 Å². The monoisotopic (exact) mass is 267 g/mol. The van der Waals surface area contributed by atoms with Gasteiger partial charge >= 0.3 is 0 Å². The topological polar surface area (TPSA) is 58.4 Å². The lowest BCUT2D eigenvalue weighted by atomic mass is 10.1. The molecule has 0 radical (unpaired) electrons. The predicted molar refractivity (Wildman–Crippen MR) is 73.8 cm³/mol. The van der Waals surface area contributed by atoms with Crippen LogP contribution in [0.25, 0.3) is 0 Å². The maximum Gasteiger partial charge on any atom is 0.251 e. The summed E-state index contributed by atoms with van der Waals surface area (Å²) in [4.78, 5) is 14.2. The van der Waals surface area contributed by atoms with Crippen LogP contribution in [0, 0.1) is 5.92 Å². The fourth-order valence-electron chi connectivity index (χ4n) is 2.28. The highest BCUT2D eigenvalue weighted by atomic mass is 35.5. The number of nitrogens with two attached hydrogens (primary N) is 1. The molecule has 1 aromatic carbocycles. The molecule has 1 heterocycles. The molecule has 0 spiro atoms. The number of hydrogen-bond donors (Lipinski definition) is 2. The van der Waals surface area contributed by atoms with Gasteiger partial charge in [0.15, 0.2) is 0 Å². The van der Waals surface area contributed by atoms with Crippen molar-refractivity contribution in [3.63, 3.8) is 0 Å². The molecule has 0 saturated carbocycles. The fraction of sp³-hybridized carbons (Fsp3) is 0.462. The van der Waals surface area contributed by atoms with Crippen LogP contribution in [0.3, 0.4) is 0 Å². The van der Waals surface area contributed by atoms with Gasteiger partial charge in [0.25, 0.3) is 5.91 Å². The molecule has 1 aliphatic heterocycles. The van der Waals surface area contributed by atoms with E-state index in [1.165, 1.54) is 0 Å². The molecule has 1 aromatic rings. The van der Waals surface area contributed by atoms with Gasteiger partial charge in [0.1, 0.15) is 0 Å². The summed E-state index contributed by atoms with van der Waals surface area (Å²) in [5, 5.41) is 3.42. The van der Waals surface area contributed by atoms with E-state index in [1.54, 1.807) is 18.2 Å². The predicted octanol–water partition coefficient (Wildman–Crippen LogP) is 1.60. The molecular weight excluding hydrogens is 250 g/mol. The van der Waals surface area contributed by atoms with E-state index in [2.05, 4.69) is 17.3 Å². The van der Waals surface area contributed by atoms with E-state index in [0.29, 0.717) is 28.7 Å². The number of nitrogens with zero attached hydrogens (tertiary/aromatic N) is 1. The molecule has 2 rings (SSSR count). The highest BCUT2D eigenvalue weighted by Gasteiger charge is 2.20. The van der Waals surface area contributed by atoms with Crippen molar-refractivity contribution in [1.82, 2.24) is 10.2 Å². The number of nitrogen functional groups attached to an aromatic ring is 1. The van der Waals surface area contributed by atoms with E-state index >= 15 is 0 Å². The van der Waals surface area contributed by atoms with Gasteiger partial charge in [-0.25, -0.2) is 0 Å². The summed E-state index contributed by atoms with van der Waals surface area (Å²) < 4.78 is 0. The number of anilines is 1. The third kappa shape index (κ3) is 3.37. The van der Waals surface area contributed by atoms with E-state index in [1.807, 2.05) is 0 Å². The van der Waals surface area contributed by atoms with E-state index in [9.17, 15) is 4.79 Å². The summed E-state index contributed by atoms with van der Waals surface area (Å²) >= 11 is 5.87. The van der Waals surface area contributed by atoms with Crippen LogP contribution in [0.5, 0.6) is 0 Å². The molecule has 1 amide bonds. The van der Waals surface area contributed by atoms with Crippen molar-refractivity contribution in [2.75, 3.05) is 32.4 Å². The molecule has 1 aliphatic rings. The van der Waals surface area contributed by atoms with Gasteiger partial charge < -0.3 is 16.0 Å². The molecule has 3 N–H and O–H groups in total. The second-order valence-corrected chi connectivity index (χ2v) is 5.34. The third-order valence-electron chi connectivity index (χ3n) is 3.22. The minimum Gasteiger partial charge on any atom is -0.399 e. The van der Waals surface area contributed by atoms with Crippen LogP contribution in [0.4, 0.5) is 5.69 Å². The molecule has 1 unspecified atom stereocenters. The zero-order chi connectivity index (χ0) is 13.1. The summed E-state index contributed by atoms with van der Waals surface area (Å²) in [6.45, 7) is 2.85. The highest BCUT2D eigenvalue weighted by molar-refractivity contribution is 6.31. The first-order valence-electron chi connectivity index (χ1n) is 6.07. The average molecular weight is 268 g/mol. The minimum atomic E-state index is -0.112. The first kappa shape index (κ1) is 13.2. The van der Waals surface area contributed by atoms with Crippen molar-refractivity contribution in [1.29, 1.82) is 0 Å². The number of carbonyl (C=O) groups excluding carboxylic acids is 1. The Labute approximate surface area is 112 Å². The zero-order valence-electron chi connectivity index (χ0n) is 10.4. The Morgan fingerprint density at radius 3 is 2.94 bits per heavy atom. The third-order valence-corrected chi connectivity index (χ3v) is 3.44. The van der Waals surface area contributed by atoms with Gasteiger partial charge in [-0.1, -0.05) is 11.6 Å². The molecule has 1 saturated heterocycles. The van der Waals surface area contributed by atoms with Crippen LogP contribution in [0.2, 0.25) is 5.02 Å². The SMILES string of the molecule is CN1CCC(CNC(=O)c2cc(N)cc(Cl)c2)C1. The van der Waals surface area contributed by atoms with Gasteiger partial charge in [-0.15, -0.1) is 0 Å². The summed E-state index contributed by atoms with van der Waals surface area (Å²) in [5.41, 5.74) is 6.69. The summed E-state index contributed by atoms with van der Waals surface area (Å²) in [5.74, 6) is 0.425. The maximum atomic E-state index is 11.9. The molecular formula is C13H18ClN3O. The second kappa shape index (κ2) is 5.59. The highest BCUT2D eigenvalue weighted by Crippen LogP contribution is 2.17. The van der Waals surface area contributed by atoms with Crippen molar-refractivity contribution in [3.8, 4) is 0 Å². The van der Waals surface area contributed by atoms with E-state index in [0.717, 1.165) is 19.5 Å². The van der Waals surface area contributed by atoms with Gasteiger partial charge in [0.2, 0.25) is 0 Å². The van der Waals surface area contributed by atoms with Crippen molar-refractivity contribution in [2.45, 2.75) is 6.42 Å². The first-order valence-corrected chi connectivity index (χ1v) is 6.45. The van der Waals surface area contributed by atoms with Crippen molar-refractivity contribution in [3.05, 3.63) is 28.8 Å². The van der Waals surface area contributed by atoms with Gasteiger partial charge in [-0.05, 0) is 44.1 Å². The normalized spacial score (nSPS) is 20.0. The van der Waals surface area contributed by atoms with E-state index < -0.39 is 0 Å². The molecule has 1 atom stereocenters. The Balaban J connectivity index is 1.91. The van der Waals surface area contributed by atoms with Gasteiger partial charge in [0, 0.05) is 29.4 Å². The summed E-state index contributed by atoms with van der Waals surface area (Å²) in [7, 11) is 2.10. The lowest BCUT2D eigenvalue weighted by Gasteiger charge is -2.12. The number of benzene rings is 1. The van der Waals surface area contributed by atoms with Crippen LogP contribution in [-0.4, -0.2) is 37.5 Å². The smallest absolute Gasteiger partial charge is 0.251 e. The molecule has 18 heavy (non-hydrogen) atoms. The Morgan fingerprint density at radius 2 is 2.33 bits per heavy atom. The lowest BCUT2D eigenvalue weighted by Crippen LogP contribution is -2.30.